The molecule has 2 aromatic heterocycles. The third kappa shape index (κ3) is 5.22. The maximum atomic E-state index is 12.0. The van der Waals surface area contributed by atoms with Crippen LogP contribution in [-0.2, 0) is 0 Å². The number of unbranched alkanes of at least 4 members (excludes halogenated alkanes) is 1. The minimum Gasteiger partial charge on any atom is -0.494 e. The van der Waals surface area contributed by atoms with E-state index in [4.69, 9.17) is 9.15 Å². The third-order valence-corrected chi connectivity index (χ3v) is 3.93. The van der Waals surface area contributed by atoms with Gasteiger partial charge >= 0.3 is 11.6 Å². The molecule has 1 aromatic carbocycles. The molecule has 11 nitrogen and oxygen atoms in total. The number of carbonyl (C=O) groups is 1. The van der Waals surface area contributed by atoms with Gasteiger partial charge in [0.15, 0.2) is 5.76 Å². The predicted molar refractivity (Wildman–Crippen MR) is 109 cm³/mol. The zero-order valence-electron chi connectivity index (χ0n) is 16.1. The summed E-state index contributed by atoms with van der Waals surface area (Å²) in [5.41, 5.74) is 4.88. The van der Waals surface area contributed by atoms with Crippen LogP contribution in [0.25, 0.3) is 0 Å². The lowest BCUT2D eigenvalue weighted by Gasteiger charge is -2.11. The van der Waals surface area contributed by atoms with E-state index in [2.05, 4.69) is 33.1 Å². The molecule has 0 unspecified atom stereocenters. The topological polar surface area (TPSA) is 144 Å². The van der Waals surface area contributed by atoms with Crippen LogP contribution in [-0.4, -0.2) is 27.4 Å². The van der Waals surface area contributed by atoms with Crippen LogP contribution in [0.1, 0.15) is 30.3 Å². The van der Waals surface area contributed by atoms with Gasteiger partial charge in [-0.3, -0.25) is 25.8 Å². The lowest BCUT2D eigenvalue weighted by Crippen LogP contribution is -2.30. The standard InChI is InChI=1S/C19H20N6O5/c1-2-3-10-29-14-8-6-13(7-9-14)22-17-16(25(27)28)18(21-12-20-17)23-24-19(26)15-5-4-11-30-15/h4-9,11-12H,2-3,10H2,1H3,(H,24,26)(H2,20,21,22,23). The Balaban J connectivity index is 1.72. The van der Waals surface area contributed by atoms with Crippen molar-refractivity contribution in [2.45, 2.75) is 19.8 Å². The van der Waals surface area contributed by atoms with E-state index in [1.165, 1.54) is 12.3 Å². The zero-order chi connectivity index (χ0) is 21.3. The van der Waals surface area contributed by atoms with Gasteiger partial charge in [-0.25, -0.2) is 9.97 Å². The first-order chi connectivity index (χ1) is 14.6. The largest absolute Gasteiger partial charge is 0.494 e. The number of carbonyl (C=O) groups excluding carboxylic acids is 1. The summed E-state index contributed by atoms with van der Waals surface area (Å²) in [6, 6.07) is 9.96. The molecule has 0 saturated heterocycles. The first-order valence-corrected chi connectivity index (χ1v) is 9.17. The molecular weight excluding hydrogens is 392 g/mol. The summed E-state index contributed by atoms with van der Waals surface area (Å²) in [7, 11) is 0. The van der Waals surface area contributed by atoms with Gasteiger partial charge < -0.3 is 14.5 Å². The highest BCUT2D eigenvalue weighted by Gasteiger charge is 2.24. The zero-order valence-corrected chi connectivity index (χ0v) is 16.1. The fourth-order valence-electron chi connectivity index (χ4n) is 2.43. The Morgan fingerprint density at radius 2 is 1.97 bits per heavy atom. The summed E-state index contributed by atoms with van der Waals surface area (Å²) < 4.78 is 10.6. The van der Waals surface area contributed by atoms with Crippen molar-refractivity contribution in [2.24, 2.45) is 0 Å². The smallest absolute Gasteiger partial charge is 0.355 e. The molecule has 0 saturated carbocycles. The highest BCUT2D eigenvalue weighted by Crippen LogP contribution is 2.31. The van der Waals surface area contributed by atoms with Crippen LogP contribution >= 0.6 is 0 Å². The Hall–Kier alpha value is -4.15. The van der Waals surface area contributed by atoms with E-state index >= 15 is 0 Å². The Labute approximate surface area is 171 Å². The fraction of sp³-hybridized carbons (Fsp3) is 0.211. The van der Waals surface area contributed by atoms with E-state index in [0.717, 1.165) is 19.2 Å². The van der Waals surface area contributed by atoms with Gasteiger partial charge in [0.1, 0.15) is 12.1 Å². The number of hydrogen-bond donors (Lipinski definition) is 3. The van der Waals surface area contributed by atoms with Crippen LogP contribution in [0.15, 0.2) is 53.4 Å². The molecule has 0 aliphatic carbocycles. The minimum absolute atomic E-state index is 0.0376. The SMILES string of the molecule is CCCCOc1ccc(Nc2ncnc(NNC(=O)c3ccco3)c2[N+](=O)[O-])cc1. The number of nitro groups is 1. The van der Waals surface area contributed by atoms with Crippen molar-refractivity contribution in [1.29, 1.82) is 0 Å². The van der Waals surface area contributed by atoms with E-state index in [1.807, 2.05) is 0 Å². The molecule has 11 heteroatoms. The lowest BCUT2D eigenvalue weighted by molar-refractivity contribution is -0.383. The molecule has 30 heavy (non-hydrogen) atoms. The molecule has 156 valence electrons. The average molecular weight is 412 g/mol. The Morgan fingerprint density at radius 1 is 1.20 bits per heavy atom. The van der Waals surface area contributed by atoms with Crippen molar-refractivity contribution in [3.8, 4) is 5.75 Å². The van der Waals surface area contributed by atoms with Crippen LogP contribution in [0.3, 0.4) is 0 Å². The van der Waals surface area contributed by atoms with E-state index in [0.29, 0.717) is 18.0 Å². The van der Waals surface area contributed by atoms with Gasteiger partial charge in [0.2, 0.25) is 11.6 Å². The third-order valence-electron chi connectivity index (χ3n) is 3.93. The number of hydrogen-bond acceptors (Lipinski definition) is 9. The molecule has 2 heterocycles. The summed E-state index contributed by atoms with van der Waals surface area (Å²) in [6.07, 6.45) is 4.47. The van der Waals surface area contributed by atoms with E-state index < -0.39 is 16.5 Å². The number of ether oxygens (including phenoxy) is 1. The lowest BCUT2D eigenvalue weighted by atomic mass is 10.3. The van der Waals surface area contributed by atoms with Crippen molar-refractivity contribution in [1.82, 2.24) is 15.4 Å². The number of aromatic nitrogens is 2. The molecule has 0 fully saturated rings. The Morgan fingerprint density at radius 3 is 2.63 bits per heavy atom. The normalized spacial score (nSPS) is 10.3. The van der Waals surface area contributed by atoms with Gasteiger partial charge in [-0.05, 0) is 42.8 Å². The second-order valence-electron chi connectivity index (χ2n) is 6.08. The van der Waals surface area contributed by atoms with Gasteiger partial charge in [0.25, 0.3) is 0 Å². The van der Waals surface area contributed by atoms with Crippen LogP contribution in [0.5, 0.6) is 5.75 Å². The summed E-state index contributed by atoms with van der Waals surface area (Å²) in [6.45, 7) is 2.70. The number of benzene rings is 1. The average Bonchev–Trinajstić information content (AvgIpc) is 3.28. The molecule has 3 aromatic rings. The molecule has 0 aliphatic rings. The monoisotopic (exact) mass is 412 g/mol. The molecule has 1 amide bonds. The highest BCUT2D eigenvalue weighted by atomic mass is 16.6. The molecule has 0 aliphatic heterocycles. The van der Waals surface area contributed by atoms with Gasteiger partial charge in [-0.1, -0.05) is 13.3 Å². The van der Waals surface area contributed by atoms with Gasteiger partial charge in [0.05, 0.1) is 17.8 Å². The first kappa shape index (κ1) is 20.6. The molecule has 0 atom stereocenters. The van der Waals surface area contributed by atoms with Crippen molar-refractivity contribution in [3.63, 3.8) is 0 Å². The van der Waals surface area contributed by atoms with Crippen molar-refractivity contribution in [3.05, 3.63) is 64.9 Å². The maximum absolute atomic E-state index is 12.0. The van der Waals surface area contributed by atoms with Crippen molar-refractivity contribution >= 4 is 28.9 Å². The highest BCUT2D eigenvalue weighted by molar-refractivity contribution is 5.92. The summed E-state index contributed by atoms with van der Waals surface area (Å²) in [5.74, 6) is -0.0876. The fourth-order valence-corrected chi connectivity index (χ4v) is 2.43. The predicted octanol–water partition coefficient (Wildman–Crippen LogP) is 3.66. The number of nitrogens with zero attached hydrogens (tertiary/aromatic N) is 3. The Kier molecular flexibility index (Phi) is 6.77. The number of hydrazine groups is 1. The van der Waals surface area contributed by atoms with Crippen LogP contribution in [0, 0.1) is 10.1 Å². The summed E-state index contributed by atoms with van der Waals surface area (Å²) >= 11 is 0. The van der Waals surface area contributed by atoms with Crippen molar-refractivity contribution in [2.75, 3.05) is 17.3 Å². The Bertz CT molecular complexity index is 991. The van der Waals surface area contributed by atoms with Gasteiger partial charge in [0, 0.05) is 5.69 Å². The molecular formula is C19H20N6O5. The maximum Gasteiger partial charge on any atom is 0.355 e. The summed E-state index contributed by atoms with van der Waals surface area (Å²) in [5, 5.41) is 14.5. The molecule has 3 rings (SSSR count). The van der Waals surface area contributed by atoms with Crippen LogP contribution in [0.2, 0.25) is 0 Å². The van der Waals surface area contributed by atoms with E-state index in [-0.39, 0.29) is 17.4 Å². The second kappa shape index (κ2) is 9.87. The molecule has 0 radical (unpaired) electrons. The van der Waals surface area contributed by atoms with Crippen LogP contribution < -0.4 is 20.9 Å². The van der Waals surface area contributed by atoms with Crippen molar-refractivity contribution < 1.29 is 18.9 Å². The number of furan rings is 1. The number of nitrogens with one attached hydrogen (secondary N) is 3. The second-order valence-corrected chi connectivity index (χ2v) is 6.08. The van der Waals surface area contributed by atoms with Gasteiger partial charge in [-0.15, -0.1) is 0 Å². The number of rotatable bonds is 10. The van der Waals surface area contributed by atoms with Crippen LogP contribution in [0.4, 0.5) is 23.0 Å². The van der Waals surface area contributed by atoms with E-state index in [1.54, 1.807) is 30.3 Å². The van der Waals surface area contributed by atoms with Gasteiger partial charge in [-0.2, -0.15) is 0 Å². The molecule has 3 N–H and O–H groups in total. The molecule has 0 spiro atoms. The quantitative estimate of drug-likeness (QED) is 0.258. The summed E-state index contributed by atoms with van der Waals surface area (Å²) in [4.78, 5) is 30.7. The number of anilines is 3. The first-order valence-electron chi connectivity index (χ1n) is 9.17. The minimum atomic E-state index is -0.647. The molecule has 0 bridgehead atoms. The number of amides is 1. The van der Waals surface area contributed by atoms with E-state index in [9.17, 15) is 14.9 Å².